The average molecular weight is 343 g/mol. The van der Waals surface area contributed by atoms with E-state index in [1.165, 1.54) is 6.07 Å². The van der Waals surface area contributed by atoms with Gasteiger partial charge in [0.25, 0.3) is 0 Å². The van der Waals surface area contributed by atoms with Crippen LogP contribution in [-0.4, -0.2) is 11.8 Å². The Morgan fingerprint density at radius 2 is 1.48 bits per heavy atom. The van der Waals surface area contributed by atoms with Gasteiger partial charge in [0, 0.05) is 0 Å². The van der Waals surface area contributed by atoms with E-state index in [9.17, 15) is 22.8 Å². The van der Waals surface area contributed by atoms with Gasteiger partial charge in [0.1, 0.15) is 6.42 Å². The van der Waals surface area contributed by atoms with Crippen LogP contribution in [0.4, 0.5) is 24.5 Å². The fourth-order valence-electron chi connectivity index (χ4n) is 1.72. The summed E-state index contributed by atoms with van der Waals surface area (Å²) in [6, 6.07) is 7.91. The van der Waals surface area contributed by atoms with Crippen LogP contribution >= 0.6 is 11.6 Å². The zero-order valence-corrected chi connectivity index (χ0v) is 12.3. The molecule has 0 heterocycles. The Morgan fingerprint density at radius 3 is 2.13 bits per heavy atom. The van der Waals surface area contributed by atoms with E-state index in [1.54, 1.807) is 18.2 Å². The van der Waals surface area contributed by atoms with E-state index >= 15 is 0 Å². The van der Waals surface area contributed by atoms with Crippen molar-refractivity contribution in [2.24, 2.45) is 0 Å². The number of carbonyl (C=O) groups excluding carboxylic acids is 2. The molecule has 0 spiro atoms. The topological polar surface area (TPSA) is 58.2 Å². The number of hydrogen-bond acceptors (Lipinski definition) is 2. The summed E-state index contributed by atoms with van der Waals surface area (Å²) < 4.78 is 39.2. The molecule has 0 aliphatic heterocycles. The lowest BCUT2D eigenvalue weighted by Gasteiger charge is -2.09. The number of para-hydroxylation sites is 1. The number of halogens is 4. The number of rotatable bonds is 4. The highest BCUT2D eigenvalue weighted by Gasteiger charge is 2.17. The molecule has 2 N–H and O–H groups in total. The van der Waals surface area contributed by atoms with Crippen LogP contribution < -0.4 is 10.6 Å². The summed E-state index contributed by atoms with van der Waals surface area (Å²) in [5, 5.41) is 4.68. The van der Waals surface area contributed by atoms with Crippen LogP contribution in [0.15, 0.2) is 36.4 Å². The van der Waals surface area contributed by atoms with Gasteiger partial charge in [-0.1, -0.05) is 23.7 Å². The summed E-state index contributed by atoms with van der Waals surface area (Å²) in [6.45, 7) is 0. The highest BCUT2D eigenvalue weighted by atomic mass is 35.5. The molecule has 2 rings (SSSR count). The van der Waals surface area contributed by atoms with E-state index in [4.69, 9.17) is 11.6 Å². The Morgan fingerprint density at radius 1 is 0.870 bits per heavy atom. The molecular weight excluding hydrogens is 333 g/mol. The van der Waals surface area contributed by atoms with E-state index in [-0.39, 0.29) is 5.02 Å². The fraction of sp³-hybridized carbons (Fsp3) is 0.0667. The third kappa shape index (κ3) is 4.23. The van der Waals surface area contributed by atoms with Crippen LogP contribution in [0.3, 0.4) is 0 Å². The molecular formula is C15H10ClF3N2O2. The van der Waals surface area contributed by atoms with Crippen molar-refractivity contribution in [3.63, 3.8) is 0 Å². The van der Waals surface area contributed by atoms with Crippen LogP contribution in [-0.2, 0) is 9.59 Å². The van der Waals surface area contributed by atoms with E-state index in [1.807, 2.05) is 5.32 Å². The highest BCUT2D eigenvalue weighted by Crippen LogP contribution is 2.21. The van der Waals surface area contributed by atoms with Crippen molar-refractivity contribution in [2.75, 3.05) is 10.6 Å². The standard InChI is InChI=1S/C15H10ClF3N2O2/c16-8-3-1-2-4-10(8)20-12(22)7-13(23)21-11-6-5-9(17)14(18)15(11)19/h1-6H,7H2,(H,20,22)(H,21,23). The quantitative estimate of drug-likeness (QED) is 0.657. The SMILES string of the molecule is O=C(CC(=O)Nc1ccc(F)c(F)c1F)Nc1ccccc1Cl. The molecule has 0 fully saturated rings. The minimum Gasteiger partial charge on any atom is -0.324 e. The van der Waals surface area contributed by atoms with Gasteiger partial charge in [0.05, 0.1) is 16.4 Å². The first kappa shape index (κ1) is 16.8. The molecule has 2 aromatic rings. The van der Waals surface area contributed by atoms with E-state index in [0.717, 1.165) is 6.07 Å². The molecule has 0 aromatic heterocycles. The molecule has 0 unspecified atom stereocenters. The fourth-order valence-corrected chi connectivity index (χ4v) is 1.90. The molecule has 8 heteroatoms. The van der Waals surface area contributed by atoms with Crippen molar-refractivity contribution in [3.05, 3.63) is 58.9 Å². The highest BCUT2D eigenvalue weighted by molar-refractivity contribution is 6.33. The number of carbonyl (C=O) groups is 2. The maximum atomic E-state index is 13.4. The van der Waals surface area contributed by atoms with Crippen LogP contribution in [0, 0.1) is 17.5 Å². The van der Waals surface area contributed by atoms with Gasteiger partial charge < -0.3 is 10.6 Å². The molecule has 0 saturated heterocycles. The first-order valence-corrected chi connectivity index (χ1v) is 6.74. The van der Waals surface area contributed by atoms with Gasteiger partial charge in [0.15, 0.2) is 17.5 Å². The van der Waals surface area contributed by atoms with Gasteiger partial charge in [-0.15, -0.1) is 0 Å². The lowest BCUT2D eigenvalue weighted by Crippen LogP contribution is -2.22. The van der Waals surface area contributed by atoms with Crippen molar-refractivity contribution >= 4 is 34.8 Å². The van der Waals surface area contributed by atoms with Crippen LogP contribution in [0.5, 0.6) is 0 Å². The molecule has 0 bridgehead atoms. The average Bonchev–Trinajstić information content (AvgIpc) is 2.50. The van der Waals surface area contributed by atoms with Crippen molar-refractivity contribution < 1.29 is 22.8 Å². The van der Waals surface area contributed by atoms with E-state index in [2.05, 4.69) is 5.32 Å². The Hall–Kier alpha value is -2.54. The minimum absolute atomic E-state index is 0.285. The molecule has 0 aliphatic carbocycles. The maximum Gasteiger partial charge on any atom is 0.233 e. The lowest BCUT2D eigenvalue weighted by atomic mass is 10.2. The van der Waals surface area contributed by atoms with Gasteiger partial charge in [-0.3, -0.25) is 9.59 Å². The molecule has 0 aliphatic rings. The second-order valence-electron chi connectivity index (χ2n) is 4.48. The Balaban J connectivity index is 1.99. The van der Waals surface area contributed by atoms with E-state index in [0.29, 0.717) is 11.8 Å². The zero-order chi connectivity index (χ0) is 17.0. The van der Waals surface area contributed by atoms with Crippen molar-refractivity contribution in [1.82, 2.24) is 0 Å². The smallest absolute Gasteiger partial charge is 0.233 e. The number of anilines is 2. The van der Waals surface area contributed by atoms with Crippen LogP contribution in [0.25, 0.3) is 0 Å². The Kier molecular flexibility index (Phi) is 5.23. The number of amides is 2. The largest absolute Gasteiger partial charge is 0.324 e. The van der Waals surface area contributed by atoms with Crippen molar-refractivity contribution in [1.29, 1.82) is 0 Å². The number of hydrogen-bond donors (Lipinski definition) is 2. The first-order chi connectivity index (χ1) is 10.9. The summed E-state index contributed by atoms with van der Waals surface area (Å²) in [7, 11) is 0. The molecule has 120 valence electrons. The molecule has 0 saturated carbocycles. The van der Waals surface area contributed by atoms with Gasteiger partial charge in [-0.2, -0.15) is 0 Å². The zero-order valence-electron chi connectivity index (χ0n) is 11.5. The summed E-state index contributed by atoms with van der Waals surface area (Å²) in [5.41, 5.74) is -0.245. The number of nitrogens with one attached hydrogen (secondary N) is 2. The Labute approximate surface area is 134 Å². The van der Waals surface area contributed by atoms with Gasteiger partial charge in [-0.05, 0) is 24.3 Å². The van der Waals surface area contributed by atoms with Gasteiger partial charge in [0.2, 0.25) is 11.8 Å². The summed E-state index contributed by atoms with van der Waals surface area (Å²) in [5.74, 6) is -6.21. The summed E-state index contributed by atoms with van der Waals surface area (Å²) in [6.07, 6.45) is -0.649. The monoisotopic (exact) mass is 342 g/mol. The minimum atomic E-state index is -1.71. The molecule has 2 amide bonds. The third-order valence-electron chi connectivity index (χ3n) is 2.78. The third-order valence-corrected chi connectivity index (χ3v) is 3.11. The molecule has 23 heavy (non-hydrogen) atoms. The molecule has 0 radical (unpaired) electrons. The lowest BCUT2D eigenvalue weighted by molar-refractivity contribution is -0.123. The second kappa shape index (κ2) is 7.15. The van der Waals surface area contributed by atoms with Gasteiger partial charge in [-0.25, -0.2) is 13.2 Å². The van der Waals surface area contributed by atoms with Crippen molar-refractivity contribution in [3.8, 4) is 0 Å². The second-order valence-corrected chi connectivity index (χ2v) is 4.88. The van der Waals surface area contributed by atoms with Crippen molar-refractivity contribution in [2.45, 2.75) is 6.42 Å². The molecule has 0 atom stereocenters. The molecule has 4 nitrogen and oxygen atoms in total. The summed E-state index contributed by atoms with van der Waals surface area (Å²) in [4.78, 5) is 23.4. The number of benzene rings is 2. The van der Waals surface area contributed by atoms with E-state index < -0.39 is 41.4 Å². The Bertz CT molecular complexity index is 768. The first-order valence-electron chi connectivity index (χ1n) is 6.36. The molecule has 2 aromatic carbocycles. The van der Waals surface area contributed by atoms with Crippen LogP contribution in [0.1, 0.15) is 6.42 Å². The summed E-state index contributed by atoms with van der Waals surface area (Å²) >= 11 is 5.85. The van der Waals surface area contributed by atoms with Gasteiger partial charge >= 0.3 is 0 Å². The predicted octanol–water partition coefficient (Wildman–Crippen LogP) is 3.72. The predicted molar refractivity (Wildman–Crippen MR) is 79.6 cm³/mol. The normalized spacial score (nSPS) is 10.3. The maximum absolute atomic E-state index is 13.4. The van der Waals surface area contributed by atoms with Crippen LogP contribution in [0.2, 0.25) is 5.02 Å².